The van der Waals surface area contributed by atoms with Crippen LogP contribution >= 0.6 is 0 Å². The zero-order valence-electron chi connectivity index (χ0n) is 21.1. The maximum atomic E-state index is 13.9. The van der Waals surface area contributed by atoms with E-state index in [1.807, 2.05) is 30.3 Å². The Morgan fingerprint density at radius 1 is 1.10 bits per heavy atom. The molecule has 39 heavy (non-hydrogen) atoms. The minimum Gasteiger partial charge on any atom is -0.508 e. The van der Waals surface area contributed by atoms with E-state index in [1.165, 1.54) is 11.0 Å². The molecule has 0 radical (unpaired) electrons. The zero-order valence-corrected chi connectivity index (χ0v) is 21.1. The lowest BCUT2D eigenvalue weighted by Gasteiger charge is -2.50. The van der Waals surface area contributed by atoms with Gasteiger partial charge in [0.2, 0.25) is 5.78 Å². The lowest BCUT2D eigenvalue weighted by atomic mass is 9.57. The van der Waals surface area contributed by atoms with Gasteiger partial charge in [0.15, 0.2) is 11.4 Å². The Morgan fingerprint density at radius 2 is 1.82 bits per heavy atom. The van der Waals surface area contributed by atoms with E-state index in [4.69, 9.17) is 10.2 Å². The number of furan rings is 1. The highest BCUT2D eigenvalue weighted by Crippen LogP contribution is 2.53. The molecule has 0 spiro atoms. The van der Waals surface area contributed by atoms with Gasteiger partial charge in [-0.2, -0.15) is 0 Å². The van der Waals surface area contributed by atoms with Crippen molar-refractivity contribution in [3.05, 3.63) is 70.5 Å². The average molecular weight is 531 g/mol. The van der Waals surface area contributed by atoms with Crippen molar-refractivity contribution in [2.75, 3.05) is 14.1 Å². The number of likely N-dealkylation sites (N-methyl/N-ethyl adjacent to an activating group) is 1. The van der Waals surface area contributed by atoms with Crippen LogP contribution in [0.1, 0.15) is 17.5 Å². The normalized spacial score (nSPS) is 26.6. The van der Waals surface area contributed by atoms with Gasteiger partial charge in [-0.15, -0.1) is 0 Å². The number of hydrogen-bond donors (Lipinski definition) is 5. The second kappa shape index (κ2) is 8.29. The van der Waals surface area contributed by atoms with E-state index >= 15 is 0 Å². The molecular formula is C29H26N2O8. The second-order valence-corrected chi connectivity index (χ2v) is 10.6. The van der Waals surface area contributed by atoms with Crippen LogP contribution in [0.5, 0.6) is 5.75 Å². The molecule has 1 fully saturated rings. The number of fused-ring (bicyclic) bond motifs is 4. The van der Waals surface area contributed by atoms with Crippen LogP contribution in [0, 0.1) is 11.8 Å². The number of carbonyl (C=O) groups excluding carboxylic acids is 3. The van der Waals surface area contributed by atoms with Crippen molar-refractivity contribution in [1.82, 2.24) is 4.90 Å². The van der Waals surface area contributed by atoms with Crippen LogP contribution in [0.4, 0.5) is 0 Å². The number of ketones is 2. The number of Topliss-reactive ketones (excluding diaryl/α,β-unsaturated/α-hetero) is 2. The van der Waals surface area contributed by atoms with Crippen LogP contribution in [0.25, 0.3) is 28.1 Å². The number of carbonyl (C=O) groups is 3. The van der Waals surface area contributed by atoms with Crippen LogP contribution in [-0.2, 0) is 20.8 Å². The first kappa shape index (κ1) is 24.9. The Balaban J connectivity index is 1.56. The number of benzene rings is 2. The van der Waals surface area contributed by atoms with Gasteiger partial charge >= 0.3 is 0 Å². The van der Waals surface area contributed by atoms with Crippen LogP contribution in [0.3, 0.4) is 0 Å². The van der Waals surface area contributed by atoms with Crippen LogP contribution < -0.4 is 5.73 Å². The van der Waals surface area contributed by atoms with Gasteiger partial charge in [-0.05, 0) is 62.7 Å². The van der Waals surface area contributed by atoms with Gasteiger partial charge in [-0.1, -0.05) is 18.2 Å². The van der Waals surface area contributed by atoms with E-state index in [0.717, 1.165) is 5.39 Å². The van der Waals surface area contributed by atoms with E-state index in [0.29, 0.717) is 22.5 Å². The fourth-order valence-corrected chi connectivity index (χ4v) is 6.59. The zero-order chi connectivity index (χ0) is 28.0. The summed E-state index contributed by atoms with van der Waals surface area (Å²) in [6, 6.07) is 11.2. The van der Waals surface area contributed by atoms with Gasteiger partial charge in [-0.3, -0.25) is 19.3 Å². The molecule has 1 saturated carbocycles. The van der Waals surface area contributed by atoms with Crippen LogP contribution in [0.2, 0.25) is 0 Å². The van der Waals surface area contributed by atoms with Gasteiger partial charge in [0.25, 0.3) is 5.91 Å². The lowest BCUT2D eigenvalue weighted by Crippen LogP contribution is -2.65. The number of nitrogens with zero attached hydrogens (tertiary/aromatic N) is 1. The number of nitrogens with two attached hydrogens (primary N) is 1. The Morgan fingerprint density at radius 3 is 2.49 bits per heavy atom. The fourth-order valence-electron chi connectivity index (χ4n) is 6.59. The monoisotopic (exact) mass is 530 g/mol. The SMILES string of the molecule is CN(C)[C@@H]1C(=O)C(C(N)=O)=C(O)[C@@]2(O)C(=O)C3=C(O)c4c(O)ccc(-c5cc6ccccc6o5)c4C[C@@H]3C[C@@H]12. The van der Waals surface area contributed by atoms with E-state index in [9.17, 15) is 34.8 Å². The molecule has 0 bridgehead atoms. The number of phenolic OH excluding ortho intramolecular Hbond substituents is 1. The van der Waals surface area contributed by atoms with E-state index in [1.54, 1.807) is 20.2 Å². The summed E-state index contributed by atoms with van der Waals surface area (Å²) < 4.78 is 6.04. The average Bonchev–Trinajstić information content (AvgIpc) is 3.30. The first-order chi connectivity index (χ1) is 18.5. The molecule has 1 aromatic heterocycles. The molecule has 10 nitrogen and oxygen atoms in total. The molecule has 6 N–H and O–H groups in total. The van der Waals surface area contributed by atoms with Gasteiger partial charge in [0, 0.05) is 22.4 Å². The number of aliphatic hydroxyl groups excluding tert-OH is 2. The predicted molar refractivity (Wildman–Crippen MR) is 139 cm³/mol. The van der Waals surface area contributed by atoms with Gasteiger partial charge < -0.3 is 30.6 Å². The van der Waals surface area contributed by atoms with Crippen molar-refractivity contribution >= 4 is 34.2 Å². The minimum absolute atomic E-state index is 0.0149. The molecule has 0 saturated heterocycles. The standard InChI is InChI=1S/C29H26N2O8/c1-31(2)23-16-10-13-9-15-14(19-11-12-5-3-4-6-18(12)39-19)7-8-17(32)21(15)24(33)20(13)26(35)29(16,38)27(36)22(25(23)34)28(30)37/h3-8,11,13,16,23,32-33,36,38H,9-10H2,1-2H3,(H2,30,37)/t13-,16+,23+,29+/m1/s1. The Bertz CT molecular complexity index is 1650. The van der Waals surface area contributed by atoms with Crippen molar-refractivity contribution in [2.45, 2.75) is 24.5 Å². The highest BCUT2D eigenvalue weighted by atomic mass is 16.4. The Hall–Kier alpha value is -4.41. The molecule has 200 valence electrons. The van der Waals surface area contributed by atoms with E-state index < -0.39 is 58.0 Å². The molecule has 3 aliphatic rings. The van der Waals surface area contributed by atoms with E-state index in [-0.39, 0.29) is 29.7 Å². The number of amides is 1. The number of rotatable bonds is 3. The van der Waals surface area contributed by atoms with Crippen LogP contribution in [-0.4, -0.2) is 68.5 Å². The number of aliphatic hydroxyl groups is 3. The molecule has 0 unspecified atom stereocenters. The topological polar surface area (TPSA) is 175 Å². The smallest absolute Gasteiger partial charge is 0.255 e. The number of hydrogen-bond acceptors (Lipinski definition) is 9. The molecule has 2 aromatic carbocycles. The molecule has 3 aromatic rings. The molecule has 10 heteroatoms. The highest BCUT2D eigenvalue weighted by Gasteiger charge is 2.64. The van der Waals surface area contributed by atoms with Crippen molar-refractivity contribution < 1.29 is 39.2 Å². The van der Waals surface area contributed by atoms with Gasteiger partial charge in [-0.25, -0.2) is 0 Å². The summed E-state index contributed by atoms with van der Waals surface area (Å²) in [5.41, 5.74) is 3.48. The molecular weight excluding hydrogens is 504 g/mol. The first-order valence-electron chi connectivity index (χ1n) is 12.4. The largest absolute Gasteiger partial charge is 0.508 e. The summed E-state index contributed by atoms with van der Waals surface area (Å²) in [7, 11) is 3.12. The second-order valence-electron chi connectivity index (χ2n) is 10.6. The summed E-state index contributed by atoms with van der Waals surface area (Å²) in [4.78, 5) is 40.7. The summed E-state index contributed by atoms with van der Waals surface area (Å²) in [5, 5.41) is 45.7. The van der Waals surface area contributed by atoms with E-state index in [2.05, 4.69) is 0 Å². The van der Waals surface area contributed by atoms with Crippen molar-refractivity contribution in [1.29, 1.82) is 0 Å². The third kappa shape index (κ3) is 3.25. The molecule has 6 rings (SSSR count). The molecule has 1 amide bonds. The minimum atomic E-state index is -2.67. The van der Waals surface area contributed by atoms with Gasteiger partial charge in [0.05, 0.1) is 11.6 Å². The van der Waals surface area contributed by atoms with Gasteiger partial charge in [0.1, 0.15) is 34.2 Å². The van der Waals surface area contributed by atoms with Crippen molar-refractivity contribution in [3.8, 4) is 17.1 Å². The molecule has 0 aliphatic heterocycles. The lowest BCUT2D eigenvalue weighted by molar-refractivity contribution is -0.153. The fraction of sp³-hybridized carbons (Fsp3) is 0.276. The molecule has 1 heterocycles. The first-order valence-corrected chi connectivity index (χ1v) is 12.4. The number of para-hydroxylation sites is 1. The number of aromatic hydroxyl groups is 1. The Labute approximate surface area is 222 Å². The summed E-state index contributed by atoms with van der Waals surface area (Å²) in [6.45, 7) is 0. The van der Waals surface area contributed by atoms with Crippen LogP contribution in [0.15, 0.2) is 63.8 Å². The number of phenols is 1. The summed E-state index contributed by atoms with van der Waals surface area (Å²) >= 11 is 0. The maximum Gasteiger partial charge on any atom is 0.255 e. The summed E-state index contributed by atoms with van der Waals surface area (Å²) in [5.74, 6) is -6.34. The Kier molecular flexibility index (Phi) is 5.29. The molecule has 4 atom stereocenters. The third-order valence-corrected chi connectivity index (χ3v) is 8.30. The number of primary amides is 1. The maximum absolute atomic E-state index is 13.9. The highest BCUT2D eigenvalue weighted by molar-refractivity contribution is 6.24. The summed E-state index contributed by atoms with van der Waals surface area (Å²) in [6.07, 6.45) is 0.191. The van der Waals surface area contributed by atoms with Crippen molar-refractivity contribution in [3.63, 3.8) is 0 Å². The third-order valence-electron chi connectivity index (χ3n) is 8.30. The predicted octanol–water partition coefficient (Wildman–Crippen LogP) is 2.38. The molecule has 3 aliphatic carbocycles. The quantitative estimate of drug-likeness (QED) is 0.318. The van der Waals surface area contributed by atoms with Crippen molar-refractivity contribution in [2.24, 2.45) is 17.6 Å².